The molecule has 0 aliphatic heterocycles. The summed E-state index contributed by atoms with van der Waals surface area (Å²) in [5.74, 6) is -1.19. The molecule has 0 aliphatic rings. The molecule has 4 nitrogen and oxygen atoms in total. The van der Waals surface area contributed by atoms with Crippen molar-refractivity contribution in [2.45, 2.75) is 219 Å². The summed E-state index contributed by atoms with van der Waals surface area (Å²) < 4.78 is 5.87. The normalized spacial score (nSPS) is 11.0. The molecule has 2 N–H and O–H groups in total. The van der Waals surface area contributed by atoms with Crippen LogP contribution in [0.15, 0.2) is 0 Å². The highest BCUT2D eigenvalue weighted by Gasteiger charge is 1.97. The SMILES string of the molecule is CCCCCCCCCCCCCCCCCCOCCCCCCCCCCCCCCCCCC.O=C(O)CO. The van der Waals surface area contributed by atoms with Crippen molar-refractivity contribution in [1.82, 2.24) is 0 Å². The first kappa shape index (κ1) is 43.5. The Hall–Kier alpha value is -0.610. The van der Waals surface area contributed by atoms with Gasteiger partial charge < -0.3 is 14.9 Å². The maximum absolute atomic E-state index is 9.12. The van der Waals surface area contributed by atoms with Gasteiger partial charge in [-0.3, -0.25) is 0 Å². The number of aliphatic hydroxyl groups is 1. The number of aliphatic hydroxyl groups excluding tert-OH is 1. The van der Waals surface area contributed by atoms with Crippen LogP contribution in [0.1, 0.15) is 219 Å². The highest BCUT2D eigenvalue weighted by atomic mass is 16.5. The number of unbranched alkanes of at least 4 members (excludes halogenated alkanes) is 30. The van der Waals surface area contributed by atoms with E-state index in [1.165, 1.54) is 205 Å². The molecule has 0 heterocycles. The molecule has 0 fully saturated rings. The molecule has 0 amide bonds. The molecule has 0 rings (SSSR count). The third-order valence-corrected chi connectivity index (χ3v) is 8.42. The van der Waals surface area contributed by atoms with Crippen molar-refractivity contribution >= 4 is 5.97 Å². The molecule has 0 atom stereocenters. The standard InChI is InChI=1S/C36H74O.C2H4O3/c1-3-5-7-9-11-13-15-17-19-21-23-25-27-29-31-33-35-37-36-34-32-30-28-26-24-22-20-18-16-14-12-10-8-6-4-2;3-1-2(4)5/h3-36H2,1-2H3;3H,1H2,(H,4,5). The predicted molar refractivity (Wildman–Crippen MR) is 185 cm³/mol. The third-order valence-electron chi connectivity index (χ3n) is 8.42. The summed E-state index contributed by atoms with van der Waals surface area (Å²) in [4.78, 5) is 9.12. The first-order valence-electron chi connectivity index (χ1n) is 19.1. The van der Waals surface area contributed by atoms with Crippen molar-refractivity contribution in [2.24, 2.45) is 0 Å². The first-order valence-corrected chi connectivity index (χ1v) is 19.1. The summed E-state index contributed by atoms with van der Waals surface area (Å²) >= 11 is 0. The Morgan fingerprint density at radius 1 is 0.381 bits per heavy atom. The van der Waals surface area contributed by atoms with E-state index in [0.717, 1.165) is 13.2 Å². The lowest BCUT2D eigenvalue weighted by molar-refractivity contribution is -0.140. The van der Waals surface area contributed by atoms with E-state index < -0.39 is 12.6 Å². The fraction of sp³-hybridized carbons (Fsp3) is 0.974. The molecule has 0 aromatic rings. The Morgan fingerprint density at radius 3 is 0.714 bits per heavy atom. The van der Waals surface area contributed by atoms with Gasteiger partial charge >= 0.3 is 5.97 Å². The Morgan fingerprint density at radius 2 is 0.548 bits per heavy atom. The summed E-state index contributed by atoms with van der Waals surface area (Å²) in [6.45, 7) is 5.82. The zero-order valence-corrected chi connectivity index (χ0v) is 29.0. The molecule has 0 aliphatic carbocycles. The zero-order valence-electron chi connectivity index (χ0n) is 29.0. The van der Waals surface area contributed by atoms with Crippen molar-refractivity contribution in [3.05, 3.63) is 0 Å². The average molecular weight is 599 g/mol. The molecule has 42 heavy (non-hydrogen) atoms. The molecule has 0 spiro atoms. The lowest BCUT2D eigenvalue weighted by Crippen LogP contribution is -1.98. The fourth-order valence-corrected chi connectivity index (χ4v) is 5.61. The molecule has 0 saturated carbocycles. The van der Waals surface area contributed by atoms with E-state index in [2.05, 4.69) is 13.8 Å². The quantitative estimate of drug-likeness (QED) is 0.0712. The summed E-state index contributed by atoms with van der Waals surface area (Å²) in [5, 5.41) is 15.0. The van der Waals surface area contributed by atoms with E-state index in [1.54, 1.807) is 0 Å². The summed E-state index contributed by atoms with van der Waals surface area (Å²) in [7, 11) is 0. The molecular formula is C38H78O4. The highest BCUT2D eigenvalue weighted by molar-refractivity contribution is 5.67. The van der Waals surface area contributed by atoms with Gasteiger partial charge in [-0.2, -0.15) is 0 Å². The van der Waals surface area contributed by atoms with Gasteiger partial charge in [0.05, 0.1) is 0 Å². The van der Waals surface area contributed by atoms with E-state index in [0.29, 0.717) is 0 Å². The van der Waals surface area contributed by atoms with Crippen molar-refractivity contribution < 1.29 is 19.7 Å². The van der Waals surface area contributed by atoms with Gasteiger partial charge in [0.1, 0.15) is 6.61 Å². The van der Waals surface area contributed by atoms with Crippen molar-refractivity contribution in [3.63, 3.8) is 0 Å². The van der Waals surface area contributed by atoms with Crippen LogP contribution in [0.5, 0.6) is 0 Å². The smallest absolute Gasteiger partial charge is 0.329 e. The van der Waals surface area contributed by atoms with Gasteiger partial charge in [0, 0.05) is 13.2 Å². The van der Waals surface area contributed by atoms with Gasteiger partial charge in [-0.25, -0.2) is 4.79 Å². The van der Waals surface area contributed by atoms with Crippen LogP contribution in [0, 0.1) is 0 Å². The Labute approximate surface area is 264 Å². The summed E-state index contributed by atoms with van der Waals surface area (Å²) in [6, 6.07) is 0. The number of rotatable bonds is 35. The van der Waals surface area contributed by atoms with Crippen molar-refractivity contribution in [2.75, 3.05) is 19.8 Å². The average Bonchev–Trinajstić information content (AvgIpc) is 2.99. The van der Waals surface area contributed by atoms with Crippen LogP contribution in [0.2, 0.25) is 0 Å². The summed E-state index contributed by atoms with van der Waals surface area (Å²) in [6.07, 6.45) is 46.0. The second-order valence-electron chi connectivity index (χ2n) is 12.8. The number of hydrogen-bond donors (Lipinski definition) is 2. The van der Waals surface area contributed by atoms with E-state index >= 15 is 0 Å². The second-order valence-corrected chi connectivity index (χ2v) is 12.8. The Bertz CT molecular complexity index is 434. The van der Waals surface area contributed by atoms with Crippen molar-refractivity contribution in [1.29, 1.82) is 0 Å². The van der Waals surface area contributed by atoms with E-state index in [1.807, 2.05) is 0 Å². The van der Waals surface area contributed by atoms with Crippen LogP contribution in [-0.4, -0.2) is 36.0 Å². The van der Waals surface area contributed by atoms with Gasteiger partial charge in [-0.15, -0.1) is 0 Å². The molecule has 0 aromatic heterocycles. The highest BCUT2D eigenvalue weighted by Crippen LogP contribution is 2.15. The monoisotopic (exact) mass is 599 g/mol. The van der Waals surface area contributed by atoms with Gasteiger partial charge in [0.2, 0.25) is 0 Å². The van der Waals surface area contributed by atoms with Crippen LogP contribution >= 0.6 is 0 Å². The number of hydrogen-bond acceptors (Lipinski definition) is 3. The maximum atomic E-state index is 9.12. The number of carboxylic acid groups (broad SMARTS) is 1. The molecule has 0 bridgehead atoms. The minimum atomic E-state index is -1.19. The van der Waals surface area contributed by atoms with E-state index in [-0.39, 0.29) is 0 Å². The van der Waals surface area contributed by atoms with E-state index in [4.69, 9.17) is 19.7 Å². The molecular weight excluding hydrogens is 520 g/mol. The molecule has 0 saturated heterocycles. The van der Waals surface area contributed by atoms with Gasteiger partial charge in [0.25, 0.3) is 0 Å². The lowest BCUT2D eigenvalue weighted by atomic mass is 10.0. The number of aliphatic carboxylic acids is 1. The zero-order chi connectivity index (χ0) is 31.0. The lowest BCUT2D eigenvalue weighted by Gasteiger charge is -2.06. The first-order chi connectivity index (χ1) is 20.7. The number of carbonyl (C=O) groups is 1. The predicted octanol–water partition coefficient (Wildman–Crippen LogP) is 12.6. The van der Waals surface area contributed by atoms with Gasteiger partial charge in [0.15, 0.2) is 0 Å². The Kier molecular flexibility index (Phi) is 44.1. The fourth-order valence-electron chi connectivity index (χ4n) is 5.61. The minimum Gasteiger partial charge on any atom is -0.480 e. The number of ether oxygens (including phenoxy) is 1. The molecule has 0 aromatic carbocycles. The van der Waals surface area contributed by atoms with Crippen LogP contribution in [0.3, 0.4) is 0 Å². The van der Waals surface area contributed by atoms with Crippen LogP contribution < -0.4 is 0 Å². The Balaban J connectivity index is 0. The molecule has 4 heteroatoms. The number of carboxylic acids is 1. The van der Waals surface area contributed by atoms with Crippen LogP contribution in [0.4, 0.5) is 0 Å². The summed E-state index contributed by atoms with van der Waals surface area (Å²) in [5.41, 5.74) is 0. The molecule has 0 radical (unpaired) electrons. The molecule has 0 unspecified atom stereocenters. The van der Waals surface area contributed by atoms with Gasteiger partial charge in [-0.1, -0.05) is 206 Å². The maximum Gasteiger partial charge on any atom is 0.329 e. The minimum absolute atomic E-state index is 0.778. The largest absolute Gasteiger partial charge is 0.480 e. The van der Waals surface area contributed by atoms with E-state index in [9.17, 15) is 0 Å². The molecule has 254 valence electrons. The van der Waals surface area contributed by atoms with Crippen molar-refractivity contribution in [3.8, 4) is 0 Å². The third kappa shape index (κ3) is 46.4. The van der Waals surface area contributed by atoms with Crippen LogP contribution in [-0.2, 0) is 9.53 Å². The second kappa shape index (κ2) is 42.5. The van der Waals surface area contributed by atoms with Crippen LogP contribution in [0.25, 0.3) is 0 Å². The topological polar surface area (TPSA) is 66.8 Å². The van der Waals surface area contributed by atoms with Gasteiger partial charge in [-0.05, 0) is 12.8 Å².